The van der Waals surface area contributed by atoms with Crippen LogP contribution in [0.3, 0.4) is 0 Å². The lowest BCUT2D eigenvalue weighted by atomic mass is 10.1. The standard InChI is InChI=1S/C13H17N5O7S/c1-26(22,23)24-3-6-8(19)9(20)13(25-6)18-2-5(11(15)21)7-10(14)16-4-17-12(7)18/h2,4,6,8-9,13,19-20H,3H2,1H3,(H2,15,21)(H2,14,16,17)/t6-,8-,9-,13-/m1/s1. The van der Waals surface area contributed by atoms with Crippen LogP contribution in [0, 0.1) is 0 Å². The van der Waals surface area contributed by atoms with Crippen LogP contribution in [0.25, 0.3) is 11.0 Å². The second-order valence-electron chi connectivity index (χ2n) is 5.81. The Kier molecular flexibility index (Phi) is 4.58. The molecule has 0 saturated carbocycles. The summed E-state index contributed by atoms with van der Waals surface area (Å²) < 4.78 is 33.6. The molecule has 0 bridgehead atoms. The third-order valence-electron chi connectivity index (χ3n) is 3.96. The van der Waals surface area contributed by atoms with E-state index in [2.05, 4.69) is 14.2 Å². The van der Waals surface area contributed by atoms with Gasteiger partial charge in [0.05, 0.1) is 23.8 Å². The van der Waals surface area contributed by atoms with E-state index < -0.39 is 47.2 Å². The van der Waals surface area contributed by atoms with E-state index >= 15 is 0 Å². The number of nitrogens with two attached hydrogens (primary N) is 2. The molecule has 0 radical (unpaired) electrons. The highest BCUT2D eigenvalue weighted by Crippen LogP contribution is 2.34. The molecule has 142 valence electrons. The summed E-state index contributed by atoms with van der Waals surface area (Å²) in [5, 5.41) is 20.6. The van der Waals surface area contributed by atoms with Crippen molar-refractivity contribution in [2.75, 3.05) is 18.6 Å². The van der Waals surface area contributed by atoms with Crippen molar-refractivity contribution in [3.05, 3.63) is 18.1 Å². The summed E-state index contributed by atoms with van der Waals surface area (Å²) in [6, 6.07) is 0. The van der Waals surface area contributed by atoms with Crippen molar-refractivity contribution < 1.29 is 32.3 Å². The number of hydrogen-bond donors (Lipinski definition) is 4. The van der Waals surface area contributed by atoms with Crippen molar-refractivity contribution in [1.29, 1.82) is 0 Å². The number of carbonyl (C=O) groups is 1. The summed E-state index contributed by atoms with van der Waals surface area (Å²) in [5.74, 6) is -0.784. The predicted molar refractivity (Wildman–Crippen MR) is 87.2 cm³/mol. The number of primary amides is 1. The van der Waals surface area contributed by atoms with Crippen LogP contribution >= 0.6 is 0 Å². The van der Waals surface area contributed by atoms with E-state index in [9.17, 15) is 23.4 Å². The number of ether oxygens (including phenoxy) is 1. The van der Waals surface area contributed by atoms with E-state index in [1.54, 1.807) is 0 Å². The Morgan fingerprint density at radius 2 is 2.08 bits per heavy atom. The summed E-state index contributed by atoms with van der Waals surface area (Å²) in [7, 11) is -3.76. The number of fused-ring (bicyclic) bond motifs is 1. The number of anilines is 1. The summed E-state index contributed by atoms with van der Waals surface area (Å²) in [5.41, 5.74) is 11.3. The van der Waals surface area contributed by atoms with Gasteiger partial charge in [-0.05, 0) is 0 Å². The molecule has 0 spiro atoms. The molecular weight excluding hydrogens is 370 g/mol. The maximum Gasteiger partial charge on any atom is 0.264 e. The van der Waals surface area contributed by atoms with Gasteiger partial charge in [0.1, 0.15) is 36.1 Å². The maximum atomic E-state index is 11.7. The number of aromatic nitrogens is 3. The van der Waals surface area contributed by atoms with Gasteiger partial charge in [-0.1, -0.05) is 0 Å². The molecule has 1 aliphatic rings. The van der Waals surface area contributed by atoms with Gasteiger partial charge in [-0.3, -0.25) is 8.98 Å². The fourth-order valence-corrected chi connectivity index (χ4v) is 3.16. The minimum atomic E-state index is -3.76. The van der Waals surface area contributed by atoms with Gasteiger partial charge in [0.25, 0.3) is 16.0 Å². The molecule has 2 aromatic rings. The zero-order valence-electron chi connectivity index (χ0n) is 13.5. The zero-order valence-corrected chi connectivity index (χ0v) is 14.3. The number of nitrogens with zero attached hydrogens (tertiary/aromatic N) is 3. The minimum absolute atomic E-state index is 0.00699. The van der Waals surface area contributed by atoms with Gasteiger partial charge in [-0.2, -0.15) is 8.42 Å². The molecule has 3 rings (SSSR count). The first-order valence-corrected chi connectivity index (χ1v) is 9.18. The minimum Gasteiger partial charge on any atom is -0.387 e. The molecule has 1 amide bonds. The summed E-state index contributed by atoms with van der Waals surface area (Å²) in [4.78, 5) is 19.5. The summed E-state index contributed by atoms with van der Waals surface area (Å²) >= 11 is 0. The van der Waals surface area contributed by atoms with Crippen LogP contribution in [0.5, 0.6) is 0 Å². The smallest absolute Gasteiger partial charge is 0.264 e. The van der Waals surface area contributed by atoms with Gasteiger partial charge >= 0.3 is 0 Å². The molecule has 0 aliphatic carbocycles. The van der Waals surface area contributed by atoms with E-state index in [1.807, 2.05) is 0 Å². The molecule has 12 nitrogen and oxygen atoms in total. The van der Waals surface area contributed by atoms with Gasteiger partial charge < -0.3 is 31.0 Å². The second-order valence-corrected chi connectivity index (χ2v) is 7.45. The molecule has 1 saturated heterocycles. The third-order valence-corrected chi connectivity index (χ3v) is 4.53. The molecule has 4 atom stereocenters. The average molecular weight is 387 g/mol. The number of aliphatic hydroxyl groups excluding tert-OH is 2. The van der Waals surface area contributed by atoms with Crippen molar-refractivity contribution in [2.24, 2.45) is 5.73 Å². The highest BCUT2D eigenvalue weighted by molar-refractivity contribution is 7.85. The number of hydrogen-bond acceptors (Lipinski definition) is 10. The lowest BCUT2D eigenvalue weighted by Gasteiger charge is -2.17. The molecule has 3 heterocycles. The lowest BCUT2D eigenvalue weighted by Crippen LogP contribution is -2.34. The van der Waals surface area contributed by atoms with Crippen LogP contribution in [0.4, 0.5) is 5.82 Å². The second kappa shape index (κ2) is 6.44. The molecular formula is C13H17N5O7S. The molecule has 0 unspecified atom stereocenters. The number of aliphatic hydroxyl groups is 2. The van der Waals surface area contributed by atoms with Gasteiger partial charge in [-0.15, -0.1) is 0 Å². The normalized spacial score (nSPS) is 26.4. The highest BCUT2D eigenvalue weighted by atomic mass is 32.2. The molecule has 13 heteroatoms. The largest absolute Gasteiger partial charge is 0.387 e. The Bertz CT molecular complexity index is 959. The summed E-state index contributed by atoms with van der Waals surface area (Å²) in [6.07, 6.45) is -1.91. The maximum absolute atomic E-state index is 11.7. The van der Waals surface area contributed by atoms with Crippen molar-refractivity contribution in [3.8, 4) is 0 Å². The molecule has 1 aliphatic heterocycles. The number of amides is 1. The number of rotatable bonds is 5. The van der Waals surface area contributed by atoms with Gasteiger partial charge in [0.15, 0.2) is 6.23 Å². The molecule has 26 heavy (non-hydrogen) atoms. The number of nitrogen functional groups attached to an aromatic ring is 1. The average Bonchev–Trinajstić information content (AvgIpc) is 3.06. The molecule has 1 fully saturated rings. The van der Waals surface area contributed by atoms with Crippen LogP contribution in [0.15, 0.2) is 12.5 Å². The van der Waals surface area contributed by atoms with Crippen LogP contribution in [0.2, 0.25) is 0 Å². The van der Waals surface area contributed by atoms with E-state index in [4.69, 9.17) is 16.2 Å². The fraction of sp³-hybridized carbons (Fsp3) is 0.462. The van der Waals surface area contributed by atoms with Crippen LogP contribution in [-0.2, 0) is 19.0 Å². The van der Waals surface area contributed by atoms with Crippen molar-refractivity contribution in [1.82, 2.24) is 14.5 Å². The first-order chi connectivity index (χ1) is 12.1. The Hall–Kier alpha value is -2.32. The van der Waals surface area contributed by atoms with E-state index in [1.165, 1.54) is 10.8 Å². The van der Waals surface area contributed by atoms with Crippen LogP contribution < -0.4 is 11.5 Å². The van der Waals surface area contributed by atoms with E-state index in [0.717, 1.165) is 12.6 Å². The van der Waals surface area contributed by atoms with Crippen LogP contribution in [-0.4, -0.2) is 70.2 Å². The number of carbonyl (C=O) groups excluding carboxylic acids is 1. The zero-order chi connectivity index (χ0) is 19.2. The van der Waals surface area contributed by atoms with Crippen molar-refractivity contribution >= 4 is 32.9 Å². The Morgan fingerprint density at radius 1 is 1.38 bits per heavy atom. The Morgan fingerprint density at radius 3 is 2.69 bits per heavy atom. The van der Waals surface area contributed by atoms with Gasteiger partial charge in [0, 0.05) is 6.20 Å². The van der Waals surface area contributed by atoms with Crippen molar-refractivity contribution in [3.63, 3.8) is 0 Å². The molecule has 6 N–H and O–H groups in total. The first kappa shape index (κ1) is 18.5. The first-order valence-electron chi connectivity index (χ1n) is 7.37. The summed E-state index contributed by atoms with van der Waals surface area (Å²) in [6.45, 7) is -0.493. The van der Waals surface area contributed by atoms with E-state index in [0.29, 0.717) is 0 Å². The topological polar surface area (TPSA) is 193 Å². The fourth-order valence-electron chi connectivity index (χ4n) is 2.78. The predicted octanol–water partition coefficient (Wildman–Crippen LogP) is -2.29. The quantitative estimate of drug-likeness (QED) is 0.406. The Balaban J connectivity index is 1.99. The molecule has 2 aromatic heterocycles. The highest BCUT2D eigenvalue weighted by Gasteiger charge is 2.45. The molecule has 0 aromatic carbocycles. The van der Waals surface area contributed by atoms with Gasteiger partial charge in [-0.25, -0.2) is 9.97 Å². The van der Waals surface area contributed by atoms with Crippen molar-refractivity contribution in [2.45, 2.75) is 24.5 Å². The van der Waals surface area contributed by atoms with Crippen LogP contribution in [0.1, 0.15) is 16.6 Å². The van der Waals surface area contributed by atoms with E-state index in [-0.39, 0.29) is 22.4 Å². The Labute approximate surface area is 147 Å². The third kappa shape index (κ3) is 3.22. The van der Waals surface area contributed by atoms with Gasteiger partial charge in [0.2, 0.25) is 0 Å². The SMILES string of the molecule is CS(=O)(=O)OC[C@H]1O[C@@H](n2cc(C(N)=O)c3c(N)ncnc32)[C@H](O)[C@@H]1O. The monoisotopic (exact) mass is 387 g/mol. The lowest BCUT2D eigenvalue weighted by molar-refractivity contribution is -0.0464.